The van der Waals surface area contributed by atoms with Gasteiger partial charge in [-0.3, -0.25) is 34.0 Å². The van der Waals surface area contributed by atoms with E-state index < -0.39 is 36.2 Å². The minimum Gasteiger partial charge on any atom is -0.480 e. The molecule has 6 fully saturated rings. The van der Waals surface area contributed by atoms with Crippen molar-refractivity contribution in [1.29, 1.82) is 5.53 Å². The summed E-state index contributed by atoms with van der Waals surface area (Å²) in [6.07, 6.45) is 1.48. The summed E-state index contributed by atoms with van der Waals surface area (Å²) in [6, 6.07) is -0.491. The summed E-state index contributed by atoms with van der Waals surface area (Å²) < 4.78 is 89.8. The number of carboxylic acid groups (broad SMARTS) is 2. The molecular formula is C42H100B2F8N6O14S2. The Morgan fingerprint density at radius 2 is 0.878 bits per heavy atom. The van der Waals surface area contributed by atoms with Gasteiger partial charge in [0.05, 0.1) is 62.5 Å². The van der Waals surface area contributed by atoms with Gasteiger partial charge in [0.2, 0.25) is 2.86 Å². The molecule has 0 saturated carbocycles. The van der Waals surface area contributed by atoms with Crippen LogP contribution in [0.3, 0.4) is 0 Å². The van der Waals surface area contributed by atoms with Crippen LogP contribution in [0.2, 0.25) is 13.6 Å². The third kappa shape index (κ3) is 49.8. The molecule has 6 aliphatic heterocycles. The van der Waals surface area contributed by atoms with Gasteiger partial charge in [-0.15, -0.1) is 0 Å². The molecular weight excluding hydrogens is 1050 g/mol. The number of aliphatic carboxylic acids is 2. The van der Waals surface area contributed by atoms with Crippen molar-refractivity contribution in [2.45, 2.75) is 169 Å². The number of rotatable bonds is 8. The van der Waals surface area contributed by atoms with Gasteiger partial charge in [-0.25, -0.2) is 25.0 Å². The number of ketones is 1. The molecule has 32 heteroatoms. The number of likely N-dealkylation sites (tertiary alicyclic amines) is 4. The number of thiol groups is 2. The van der Waals surface area contributed by atoms with Gasteiger partial charge >= 0.3 is 11.9 Å². The van der Waals surface area contributed by atoms with Crippen molar-refractivity contribution >= 4 is 55.7 Å². The Morgan fingerprint density at radius 3 is 1.07 bits per heavy atom. The number of hydrogen-bond donors (Lipinski definition) is 15. The quantitative estimate of drug-likeness (QED) is 0.0931. The molecule has 0 aromatic heterocycles. The second kappa shape index (κ2) is 63.8. The Hall–Kier alpha value is -1.72. The van der Waals surface area contributed by atoms with Crippen LogP contribution in [0, 0.1) is 0 Å². The molecule has 6 aliphatic rings. The molecule has 0 unspecified atom stereocenters. The van der Waals surface area contributed by atoms with E-state index in [1.165, 1.54) is 0 Å². The zero-order valence-corrected chi connectivity index (χ0v) is 41.8. The van der Waals surface area contributed by atoms with E-state index in [-0.39, 0.29) is 111 Å². The fourth-order valence-corrected chi connectivity index (χ4v) is 7.05. The van der Waals surface area contributed by atoms with Gasteiger partial charge in [0.25, 0.3) is 0 Å². The predicted octanol–water partition coefficient (Wildman–Crippen LogP) is 1.53. The topological polar surface area (TPSA) is 311 Å². The molecule has 13 N–H and O–H groups in total. The molecule has 20 nitrogen and oxygen atoms in total. The number of carbonyl (C=O) groups excluding carboxylic acids is 1. The molecule has 0 aromatic rings. The average Bonchev–Trinajstić information content (AvgIpc) is 4.20. The number of nitrogens with one attached hydrogen (secondary N) is 2. The van der Waals surface area contributed by atoms with Gasteiger partial charge in [0, 0.05) is 107 Å². The Balaban J connectivity index is -0.0000000719. The van der Waals surface area contributed by atoms with Crippen molar-refractivity contribution in [3.05, 3.63) is 0 Å². The first kappa shape index (κ1) is 86.2. The first-order valence-corrected chi connectivity index (χ1v) is 22.1. The maximum atomic E-state index is 10.8. The van der Waals surface area contributed by atoms with Crippen molar-refractivity contribution in [3.8, 4) is 0 Å². The highest BCUT2D eigenvalue weighted by Crippen LogP contribution is 2.17. The molecule has 0 spiro atoms. The van der Waals surface area contributed by atoms with E-state index in [1.807, 2.05) is 35.8 Å². The van der Waals surface area contributed by atoms with Gasteiger partial charge in [0.1, 0.15) is 17.9 Å². The lowest BCUT2D eigenvalue weighted by Crippen LogP contribution is -2.32. The monoisotopic (exact) mass is 1160 g/mol. The first-order valence-electron chi connectivity index (χ1n) is 23.0. The smallest absolute Gasteiger partial charge is 0.321 e. The largest absolute Gasteiger partial charge is 0.480 e. The van der Waals surface area contributed by atoms with E-state index in [2.05, 4.69) is 45.8 Å². The fourth-order valence-electron chi connectivity index (χ4n) is 7.05. The number of aliphatic hydroxyl groups excluding tert-OH is 9. The standard InChI is InChI=1S/C7H13NO2.C6H11NO3.2C6H13NO2.C5H9NO3.C5H11NO2.2CH5BS.5CH4.4F2/c1-5(9)7-3-6(10)4-8(7)2;1-7-3-4(8)2-5(7)6(9)10;2*1-7-3-6(9)2-5(7)4-8;7-3-1-4(5(8)9)6-2-3;7-3-4-1-5(8)2-6-4;2*1-2-3;;;;;;4*1-2/h6-7,10H,3-4H2,1-2H3;4-5,8H,2-3H2,1H3,(H,9,10);2*5-6,8-9H,2-4H2,1H3;3-4,6-7H,1-2H2,(H,8,9);4-8H,1-3H2;2*2-3H,1H3;5*1H4;;;;/t6-,7+;4-,5+;2*5-,6+;3-,4+;4-,5+;;;;;;;;;;;/m110010.........../s1/i;;8T;;;7T;2*2D;;;;;;;;;. The Labute approximate surface area is 454 Å². The number of carbonyl (C=O) groups is 3. The number of hydrogen-bond acceptors (Lipinski definition) is 20. The van der Waals surface area contributed by atoms with Crippen molar-refractivity contribution < 1.29 is 107 Å². The van der Waals surface area contributed by atoms with Crippen LogP contribution in [0.1, 0.15) is 82.6 Å². The SMILES string of the molecule is C.C.C.C.C.CC(=O)[C@@H]1C[C@@H](O)CN1C.CN1C[C@H](O)C[C@H]1C(=O)O.CN1C[C@H](O)C[C@H]1CO.FF.FF.FF.FF.O=C(O)[C@@H]1C[C@@H](O)CN1.[2H]B(C)S.[2H]B(C)S.[3H]OC[C@@H]1C[C@@H](O)CN1.[3H]OC[C@@H]1C[C@@H](O)CN1C. The number of carboxylic acids is 2. The third-order valence-corrected chi connectivity index (χ3v) is 10.3. The van der Waals surface area contributed by atoms with Crippen LogP contribution in [-0.4, -0.2) is 272 Å². The number of nitrogens with zero attached hydrogens (tertiary/aromatic N) is 4. The second-order valence-electron chi connectivity index (χ2n) is 15.8. The van der Waals surface area contributed by atoms with Crippen molar-refractivity contribution in [3.63, 3.8) is 0 Å². The molecule has 12 atom stereocenters. The van der Waals surface area contributed by atoms with E-state index in [0.717, 1.165) is 6.42 Å². The lowest BCUT2D eigenvalue weighted by Gasteiger charge is -2.14. The minimum atomic E-state index is -0.883. The molecule has 6 saturated heterocycles. The van der Waals surface area contributed by atoms with Crippen LogP contribution < -0.4 is 10.6 Å². The molecule has 0 aromatic carbocycles. The summed E-state index contributed by atoms with van der Waals surface area (Å²) in [7, 11) is 7.41. The van der Waals surface area contributed by atoms with Gasteiger partial charge < -0.3 is 66.8 Å². The van der Waals surface area contributed by atoms with Crippen molar-refractivity contribution in [2.24, 2.45) is 0 Å². The zero-order chi connectivity index (χ0) is 58.6. The van der Waals surface area contributed by atoms with Crippen LogP contribution in [0.5, 0.6) is 0 Å². The molecule has 6 rings (SSSR count). The Bertz CT molecular complexity index is 1280. The maximum absolute atomic E-state index is 10.8. The van der Waals surface area contributed by atoms with Gasteiger partial charge in [0.15, 0.2) is 13.0 Å². The van der Waals surface area contributed by atoms with Crippen molar-refractivity contribution in [2.75, 3.05) is 87.3 Å². The van der Waals surface area contributed by atoms with E-state index in [9.17, 15) is 14.4 Å². The number of β-amino-alcohol motifs (C(OH)–C–C–N with tert-alkyl or cyclic N) is 6. The number of halogens is 8. The lowest BCUT2D eigenvalue weighted by molar-refractivity contribution is -0.142. The summed E-state index contributed by atoms with van der Waals surface area (Å²) in [5.74, 6) is -1.58. The number of likely N-dealkylation sites (N-methyl/N-ethyl adjacent to an activating group) is 4. The first-order chi connectivity index (χ1) is 34.2. The summed E-state index contributed by atoms with van der Waals surface area (Å²) in [5.41, 5.74) is 0. The molecule has 0 radical (unpaired) electrons. The molecule has 0 amide bonds. The normalized spacial score (nSPS) is 28.3. The van der Waals surface area contributed by atoms with Crippen LogP contribution in [0.15, 0.2) is 0 Å². The molecule has 0 bridgehead atoms. The second-order valence-corrected chi connectivity index (χ2v) is 16.9. The minimum absolute atomic E-state index is 0. The van der Waals surface area contributed by atoms with E-state index in [4.69, 9.17) is 88.1 Å². The third-order valence-electron chi connectivity index (χ3n) is 10.3. The Morgan fingerprint density at radius 1 is 0.554 bits per heavy atom. The lowest BCUT2D eigenvalue weighted by atomic mass is 10.1. The van der Waals surface area contributed by atoms with Gasteiger partial charge in [-0.05, 0) is 63.5 Å². The van der Waals surface area contributed by atoms with Gasteiger partial charge in [-0.1, -0.05) is 50.8 Å². The maximum Gasteiger partial charge on any atom is 0.321 e. The highest BCUT2D eigenvalue weighted by molar-refractivity contribution is 8.06. The predicted molar refractivity (Wildman–Crippen MR) is 287 cm³/mol. The number of Topliss-reactive ketones (excluding diaryl/α,β-unsaturated/α-hetero) is 1. The van der Waals surface area contributed by atoms with Crippen LogP contribution in [0.4, 0.5) is 36.6 Å². The van der Waals surface area contributed by atoms with Crippen LogP contribution in [-0.2, 0) is 14.4 Å². The van der Waals surface area contributed by atoms with E-state index >= 15 is 0 Å². The summed E-state index contributed by atoms with van der Waals surface area (Å²) in [4.78, 5) is 39.0. The van der Waals surface area contributed by atoms with E-state index in [1.54, 1.807) is 32.5 Å². The summed E-state index contributed by atoms with van der Waals surface area (Å²) in [5, 5.41) is 93.8. The van der Waals surface area contributed by atoms with Gasteiger partial charge in [-0.2, -0.15) is 0 Å². The highest BCUT2D eigenvalue weighted by Gasteiger charge is 2.33. The Kier molecular flexibility index (Phi) is 74.3. The molecule has 456 valence electrons. The summed E-state index contributed by atoms with van der Waals surface area (Å²) >= 11 is 7.27. The average molecular weight is 1160 g/mol. The fraction of sp³-hybridized carbons (Fsp3) is 0.929. The molecule has 74 heavy (non-hydrogen) atoms. The van der Waals surface area contributed by atoms with Crippen LogP contribution in [0.25, 0.3) is 0 Å². The highest BCUT2D eigenvalue weighted by atomic mass is 32.1. The zero-order valence-electron chi connectivity index (χ0n) is 44.0. The summed E-state index contributed by atoms with van der Waals surface area (Å²) in [6.45, 7) is 8.98. The number of aliphatic hydroxyl groups is 9. The molecule has 0 aliphatic carbocycles. The van der Waals surface area contributed by atoms with Crippen molar-refractivity contribution in [1.82, 2.24) is 30.2 Å². The molecule has 6 heterocycles. The van der Waals surface area contributed by atoms with Crippen LogP contribution >= 0.6 is 25.0 Å². The van der Waals surface area contributed by atoms with E-state index in [0.29, 0.717) is 84.6 Å².